The molecule has 6 heteroatoms. The molecule has 0 saturated carbocycles. The van der Waals surface area contributed by atoms with Crippen LogP contribution in [0.25, 0.3) is 0 Å². The molecular formula is C19H23NO4S. The molecule has 5 nitrogen and oxygen atoms in total. The molecule has 2 aromatic rings. The van der Waals surface area contributed by atoms with Crippen LogP contribution in [0.4, 0.5) is 0 Å². The third-order valence-corrected chi connectivity index (χ3v) is 5.58. The number of carbonyl (C=O) groups is 1. The van der Waals surface area contributed by atoms with Crippen molar-refractivity contribution >= 4 is 15.7 Å². The number of rotatable bonds is 8. The number of hydrogen-bond acceptors (Lipinski definition) is 4. The largest absolute Gasteiger partial charge is 0.497 e. The molecule has 0 heterocycles. The summed E-state index contributed by atoms with van der Waals surface area (Å²) in [6, 6.07) is 14.3. The molecule has 0 aliphatic carbocycles. The Labute approximate surface area is 148 Å². The molecule has 1 N–H and O–H groups in total. The first-order chi connectivity index (χ1) is 11.9. The van der Waals surface area contributed by atoms with Gasteiger partial charge in [-0.05, 0) is 43.2 Å². The smallest absolute Gasteiger partial charge is 0.221 e. The topological polar surface area (TPSA) is 72.5 Å². The van der Waals surface area contributed by atoms with Gasteiger partial charge in [0.05, 0.1) is 17.8 Å². The SMILES string of the molecule is COc1cccc(CCNC(=O)CCS(=O)(=O)c2ccc(C)cc2)c1. The molecule has 134 valence electrons. The Morgan fingerprint density at radius 1 is 1.12 bits per heavy atom. The number of methoxy groups -OCH3 is 1. The zero-order valence-corrected chi connectivity index (χ0v) is 15.3. The highest BCUT2D eigenvalue weighted by molar-refractivity contribution is 7.91. The number of benzene rings is 2. The van der Waals surface area contributed by atoms with Crippen LogP contribution in [0.1, 0.15) is 17.5 Å². The minimum atomic E-state index is -3.44. The Bertz CT molecular complexity index is 814. The molecule has 1 amide bonds. The standard InChI is InChI=1S/C19H23NO4S/c1-15-6-8-18(9-7-15)25(22,23)13-11-19(21)20-12-10-16-4-3-5-17(14-16)24-2/h3-9,14H,10-13H2,1-2H3,(H,20,21). The molecule has 0 radical (unpaired) electrons. The van der Waals surface area contributed by atoms with Crippen molar-refractivity contribution in [1.29, 1.82) is 0 Å². The highest BCUT2D eigenvalue weighted by atomic mass is 32.2. The first-order valence-electron chi connectivity index (χ1n) is 8.10. The summed E-state index contributed by atoms with van der Waals surface area (Å²) < 4.78 is 29.6. The van der Waals surface area contributed by atoms with E-state index in [4.69, 9.17) is 4.74 Å². The summed E-state index contributed by atoms with van der Waals surface area (Å²) in [6.45, 7) is 2.35. The lowest BCUT2D eigenvalue weighted by molar-refractivity contribution is -0.120. The van der Waals surface area contributed by atoms with Crippen LogP contribution in [0.15, 0.2) is 53.4 Å². The first-order valence-corrected chi connectivity index (χ1v) is 9.75. The highest BCUT2D eigenvalue weighted by Crippen LogP contribution is 2.14. The van der Waals surface area contributed by atoms with Crippen molar-refractivity contribution in [1.82, 2.24) is 5.32 Å². The Kier molecular flexibility index (Phi) is 6.58. The monoisotopic (exact) mass is 361 g/mol. The molecule has 0 saturated heterocycles. The normalized spacial score (nSPS) is 11.1. The molecule has 0 spiro atoms. The predicted octanol–water partition coefficient (Wildman–Crippen LogP) is 2.53. The molecule has 0 aromatic heterocycles. The van der Waals surface area contributed by atoms with Gasteiger partial charge in [0.15, 0.2) is 9.84 Å². The van der Waals surface area contributed by atoms with Crippen LogP contribution in [-0.4, -0.2) is 33.7 Å². The summed E-state index contributed by atoms with van der Waals surface area (Å²) in [5.41, 5.74) is 2.04. The van der Waals surface area contributed by atoms with Crippen molar-refractivity contribution < 1.29 is 17.9 Å². The van der Waals surface area contributed by atoms with E-state index in [1.807, 2.05) is 31.2 Å². The molecule has 2 rings (SSSR count). The van der Waals surface area contributed by atoms with E-state index >= 15 is 0 Å². The van der Waals surface area contributed by atoms with Gasteiger partial charge in [-0.15, -0.1) is 0 Å². The molecule has 2 aromatic carbocycles. The second kappa shape index (κ2) is 8.67. The molecule has 25 heavy (non-hydrogen) atoms. The number of hydrogen-bond donors (Lipinski definition) is 1. The van der Waals surface area contributed by atoms with Gasteiger partial charge in [0, 0.05) is 13.0 Å². The van der Waals surface area contributed by atoms with E-state index in [-0.39, 0.29) is 23.0 Å². The van der Waals surface area contributed by atoms with Gasteiger partial charge in [0.2, 0.25) is 5.91 Å². The Hall–Kier alpha value is -2.34. The third-order valence-electron chi connectivity index (χ3n) is 3.85. The van der Waals surface area contributed by atoms with E-state index in [1.165, 1.54) is 0 Å². The summed E-state index contributed by atoms with van der Waals surface area (Å²) >= 11 is 0. The zero-order valence-electron chi connectivity index (χ0n) is 14.5. The summed E-state index contributed by atoms with van der Waals surface area (Å²) in [5, 5.41) is 2.76. The van der Waals surface area contributed by atoms with Gasteiger partial charge in [-0.2, -0.15) is 0 Å². The minimum absolute atomic E-state index is 0.0473. The van der Waals surface area contributed by atoms with Crippen molar-refractivity contribution in [2.24, 2.45) is 0 Å². The maximum atomic E-state index is 12.2. The molecule has 0 aliphatic rings. The second-order valence-corrected chi connectivity index (χ2v) is 7.94. The van der Waals surface area contributed by atoms with E-state index in [2.05, 4.69) is 5.32 Å². The Balaban J connectivity index is 1.79. The van der Waals surface area contributed by atoms with Crippen LogP contribution >= 0.6 is 0 Å². The van der Waals surface area contributed by atoms with E-state index in [0.29, 0.717) is 13.0 Å². The number of amides is 1. The Morgan fingerprint density at radius 2 is 1.84 bits per heavy atom. The van der Waals surface area contributed by atoms with Gasteiger partial charge >= 0.3 is 0 Å². The Morgan fingerprint density at radius 3 is 2.52 bits per heavy atom. The number of carbonyl (C=O) groups excluding carboxylic acids is 1. The highest BCUT2D eigenvalue weighted by Gasteiger charge is 2.16. The van der Waals surface area contributed by atoms with Crippen molar-refractivity contribution in [2.75, 3.05) is 19.4 Å². The lowest BCUT2D eigenvalue weighted by atomic mass is 10.1. The van der Waals surface area contributed by atoms with Crippen LogP contribution in [0.3, 0.4) is 0 Å². The van der Waals surface area contributed by atoms with Crippen molar-refractivity contribution in [3.63, 3.8) is 0 Å². The molecule has 0 aliphatic heterocycles. The van der Waals surface area contributed by atoms with Gasteiger partial charge in [0.25, 0.3) is 0 Å². The van der Waals surface area contributed by atoms with Gasteiger partial charge in [-0.1, -0.05) is 29.8 Å². The van der Waals surface area contributed by atoms with Gasteiger partial charge < -0.3 is 10.1 Å². The summed E-state index contributed by atoms with van der Waals surface area (Å²) in [7, 11) is -1.83. The fourth-order valence-corrected chi connectivity index (χ4v) is 3.59. The van der Waals surface area contributed by atoms with Crippen molar-refractivity contribution in [3.05, 3.63) is 59.7 Å². The van der Waals surface area contributed by atoms with Crippen molar-refractivity contribution in [3.8, 4) is 5.75 Å². The van der Waals surface area contributed by atoms with E-state index in [9.17, 15) is 13.2 Å². The number of aryl methyl sites for hydroxylation is 1. The van der Waals surface area contributed by atoms with Crippen LogP contribution in [-0.2, 0) is 21.1 Å². The van der Waals surface area contributed by atoms with Crippen LogP contribution in [0.5, 0.6) is 5.75 Å². The fourth-order valence-electron chi connectivity index (χ4n) is 2.35. The molecule has 0 fully saturated rings. The summed E-state index contributed by atoms with van der Waals surface area (Å²) in [6.07, 6.45) is 0.613. The minimum Gasteiger partial charge on any atom is -0.497 e. The lowest BCUT2D eigenvalue weighted by Gasteiger charge is -2.08. The average molecular weight is 361 g/mol. The fraction of sp³-hybridized carbons (Fsp3) is 0.316. The van der Waals surface area contributed by atoms with E-state index < -0.39 is 9.84 Å². The molecule has 0 atom stereocenters. The van der Waals surface area contributed by atoms with Gasteiger partial charge in [0.1, 0.15) is 5.75 Å². The number of nitrogens with one attached hydrogen (secondary N) is 1. The number of ether oxygens (including phenoxy) is 1. The molecule has 0 unspecified atom stereocenters. The van der Waals surface area contributed by atoms with Crippen LogP contribution < -0.4 is 10.1 Å². The van der Waals surface area contributed by atoms with Crippen LogP contribution in [0, 0.1) is 6.92 Å². The molecule has 0 bridgehead atoms. The maximum Gasteiger partial charge on any atom is 0.221 e. The average Bonchev–Trinajstić information content (AvgIpc) is 2.61. The van der Waals surface area contributed by atoms with E-state index in [1.54, 1.807) is 31.4 Å². The van der Waals surface area contributed by atoms with Crippen molar-refractivity contribution in [2.45, 2.75) is 24.7 Å². The molecular weight excluding hydrogens is 338 g/mol. The van der Waals surface area contributed by atoms with Gasteiger partial charge in [-0.3, -0.25) is 4.79 Å². The van der Waals surface area contributed by atoms with Gasteiger partial charge in [-0.25, -0.2) is 8.42 Å². The lowest BCUT2D eigenvalue weighted by Crippen LogP contribution is -2.27. The zero-order chi connectivity index (χ0) is 18.3. The number of sulfone groups is 1. The predicted molar refractivity (Wildman–Crippen MR) is 97.6 cm³/mol. The third kappa shape index (κ3) is 5.90. The maximum absolute atomic E-state index is 12.2. The van der Waals surface area contributed by atoms with Crippen LogP contribution in [0.2, 0.25) is 0 Å². The summed E-state index contributed by atoms with van der Waals surface area (Å²) in [4.78, 5) is 12.1. The first kappa shape index (κ1) is 19.0. The summed E-state index contributed by atoms with van der Waals surface area (Å²) in [5.74, 6) is 0.313. The van der Waals surface area contributed by atoms with E-state index in [0.717, 1.165) is 16.9 Å². The second-order valence-electron chi connectivity index (χ2n) is 5.83. The quantitative estimate of drug-likeness (QED) is 0.784.